The number of rotatable bonds is 6. The Kier molecular flexibility index (Phi) is 6.04. The fourth-order valence-electron chi connectivity index (χ4n) is 2.06. The van der Waals surface area contributed by atoms with E-state index < -0.39 is 10.0 Å². The van der Waals surface area contributed by atoms with Gasteiger partial charge in [-0.15, -0.1) is 0 Å². The lowest BCUT2D eigenvalue weighted by molar-refractivity contribution is 0.424. The van der Waals surface area contributed by atoms with E-state index in [1.54, 1.807) is 30.3 Å². The van der Waals surface area contributed by atoms with Crippen LogP contribution in [0.15, 0.2) is 53.4 Å². The summed E-state index contributed by atoms with van der Waals surface area (Å²) in [5.74, 6) is 0. The van der Waals surface area contributed by atoms with Gasteiger partial charge >= 0.3 is 0 Å². The second-order valence-electron chi connectivity index (χ2n) is 6.70. The van der Waals surface area contributed by atoms with Crippen LogP contribution in [0.25, 0.3) is 0 Å². The van der Waals surface area contributed by atoms with Crippen LogP contribution in [0, 0.1) is 0 Å². The van der Waals surface area contributed by atoms with Crippen molar-refractivity contribution in [3.63, 3.8) is 0 Å². The summed E-state index contributed by atoms with van der Waals surface area (Å²) in [6, 6.07) is 14.0. The van der Waals surface area contributed by atoms with E-state index in [9.17, 15) is 8.42 Å². The highest BCUT2D eigenvalue weighted by atomic mass is 35.5. The number of halogens is 1. The number of benzene rings is 2. The number of hydrogen-bond acceptors (Lipinski definition) is 3. The predicted molar refractivity (Wildman–Crippen MR) is 98.5 cm³/mol. The monoisotopic (exact) mass is 366 g/mol. The zero-order chi connectivity index (χ0) is 17.8. The van der Waals surface area contributed by atoms with Gasteiger partial charge in [0.25, 0.3) is 0 Å². The summed E-state index contributed by atoms with van der Waals surface area (Å²) < 4.78 is 27.3. The number of nitrogens with one attached hydrogen (secondary N) is 2. The molecule has 6 heteroatoms. The Morgan fingerprint density at radius 1 is 0.958 bits per heavy atom. The van der Waals surface area contributed by atoms with E-state index in [0.717, 1.165) is 11.1 Å². The largest absolute Gasteiger partial charge is 0.308 e. The lowest BCUT2D eigenvalue weighted by Crippen LogP contribution is -2.35. The minimum Gasteiger partial charge on any atom is -0.308 e. The SMILES string of the molecule is CC(C)(C)NCc1ccc(S(=O)(=O)NCc2cccc(Cl)c2)cc1. The minimum atomic E-state index is -3.54. The third-order valence-electron chi connectivity index (χ3n) is 3.41. The summed E-state index contributed by atoms with van der Waals surface area (Å²) in [6.07, 6.45) is 0. The van der Waals surface area contributed by atoms with Crippen LogP contribution in [0.1, 0.15) is 31.9 Å². The average molecular weight is 367 g/mol. The van der Waals surface area contributed by atoms with Crippen molar-refractivity contribution < 1.29 is 8.42 Å². The fourth-order valence-corrected chi connectivity index (χ4v) is 3.29. The third kappa shape index (κ3) is 5.91. The highest BCUT2D eigenvalue weighted by molar-refractivity contribution is 7.89. The quantitative estimate of drug-likeness (QED) is 0.819. The van der Waals surface area contributed by atoms with Gasteiger partial charge in [0, 0.05) is 23.7 Å². The first kappa shape index (κ1) is 18.9. The third-order valence-corrected chi connectivity index (χ3v) is 5.06. The summed E-state index contributed by atoms with van der Waals surface area (Å²) in [7, 11) is -3.54. The number of sulfonamides is 1. The van der Waals surface area contributed by atoms with Gasteiger partial charge in [-0.3, -0.25) is 0 Å². The molecule has 2 N–H and O–H groups in total. The molecule has 0 aliphatic carbocycles. The first-order valence-corrected chi connectivity index (χ1v) is 9.60. The molecule has 0 aromatic heterocycles. The highest BCUT2D eigenvalue weighted by Gasteiger charge is 2.14. The van der Waals surface area contributed by atoms with Crippen LogP contribution in [-0.4, -0.2) is 14.0 Å². The van der Waals surface area contributed by atoms with Gasteiger partial charge in [0.2, 0.25) is 10.0 Å². The Balaban J connectivity index is 2.01. The Morgan fingerprint density at radius 3 is 2.21 bits per heavy atom. The van der Waals surface area contributed by atoms with Crippen LogP contribution in [0.3, 0.4) is 0 Å². The normalized spacial score (nSPS) is 12.3. The fraction of sp³-hybridized carbons (Fsp3) is 0.333. The van der Waals surface area contributed by atoms with Gasteiger partial charge < -0.3 is 5.32 Å². The van der Waals surface area contributed by atoms with Crippen LogP contribution < -0.4 is 10.0 Å². The molecule has 0 saturated heterocycles. The van der Waals surface area contributed by atoms with Crippen molar-refractivity contribution in [2.24, 2.45) is 0 Å². The molecular weight excluding hydrogens is 344 g/mol. The molecule has 24 heavy (non-hydrogen) atoms. The molecule has 0 aliphatic heterocycles. The average Bonchev–Trinajstić information content (AvgIpc) is 2.51. The van der Waals surface area contributed by atoms with Gasteiger partial charge in [0.05, 0.1) is 4.90 Å². The summed E-state index contributed by atoms with van der Waals surface area (Å²) in [4.78, 5) is 0.254. The molecular formula is C18H23ClN2O2S. The van der Waals surface area contributed by atoms with Crippen molar-refractivity contribution >= 4 is 21.6 Å². The topological polar surface area (TPSA) is 58.2 Å². The molecule has 0 aliphatic rings. The Morgan fingerprint density at radius 2 is 1.62 bits per heavy atom. The molecule has 0 saturated carbocycles. The Labute approximate surface area is 149 Å². The van der Waals surface area contributed by atoms with E-state index in [4.69, 9.17) is 11.6 Å². The zero-order valence-corrected chi connectivity index (χ0v) is 15.7. The molecule has 0 heterocycles. The number of hydrogen-bond donors (Lipinski definition) is 2. The lowest BCUT2D eigenvalue weighted by atomic mass is 10.1. The maximum atomic E-state index is 12.4. The maximum Gasteiger partial charge on any atom is 0.240 e. The van der Waals surface area contributed by atoms with E-state index in [1.807, 2.05) is 18.2 Å². The predicted octanol–water partition coefficient (Wildman–Crippen LogP) is 3.71. The van der Waals surface area contributed by atoms with Crippen molar-refractivity contribution in [1.82, 2.24) is 10.0 Å². The van der Waals surface area contributed by atoms with Gasteiger partial charge in [0.15, 0.2) is 0 Å². The first-order chi connectivity index (χ1) is 11.2. The summed E-state index contributed by atoms with van der Waals surface area (Å²) in [5.41, 5.74) is 1.87. The Hall–Kier alpha value is -1.40. The van der Waals surface area contributed by atoms with Crippen molar-refractivity contribution in [3.8, 4) is 0 Å². The van der Waals surface area contributed by atoms with Crippen LogP contribution in [0.2, 0.25) is 5.02 Å². The van der Waals surface area contributed by atoms with E-state index >= 15 is 0 Å². The van der Waals surface area contributed by atoms with E-state index in [2.05, 4.69) is 30.8 Å². The van der Waals surface area contributed by atoms with Gasteiger partial charge in [0.1, 0.15) is 0 Å². The molecule has 130 valence electrons. The molecule has 0 amide bonds. The minimum absolute atomic E-state index is 0.0171. The molecule has 0 atom stereocenters. The van der Waals surface area contributed by atoms with Gasteiger partial charge in [-0.1, -0.05) is 35.9 Å². The zero-order valence-electron chi connectivity index (χ0n) is 14.1. The van der Waals surface area contributed by atoms with E-state index in [0.29, 0.717) is 11.6 Å². The summed E-state index contributed by atoms with van der Waals surface area (Å²) in [6.45, 7) is 7.17. The highest BCUT2D eigenvalue weighted by Crippen LogP contribution is 2.14. The molecule has 0 fully saturated rings. The molecule has 0 spiro atoms. The second-order valence-corrected chi connectivity index (χ2v) is 8.91. The molecule has 2 aromatic rings. The van der Waals surface area contributed by atoms with E-state index in [-0.39, 0.29) is 17.0 Å². The van der Waals surface area contributed by atoms with Crippen molar-refractivity contribution in [3.05, 3.63) is 64.7 Å². The van der Waals surface area contributed by atoms with Crippen LogP contribution in [-0.2, 0) is 23.1 Å². The molecule has 2 aromatic carbocycles. The summed E-state index contributed by atoms with van der Waals surface area (Å²) in [5, 5.41) is 3.96. The lowest BCUT2D eigenvalue weighted by Gasteiger charge is -2.20. The molecule has 4 nitrogen and oxygen atoms in total. The van der Waals surface area contributed by atoms with Gasteiger partial charge in [-0.25, -0.2) is 13.1 Å². The van der Waals surface area contributed by atoms with Crippen LogP contribution in [0.5, 0.6) is 0 Å². The van der Waals surface area contributed by atoms with Gasteiger partial charge in [-0.2, -0.15) is 0 Å². The second kappa shape index (κ2) is 7.66. The summed E-state index contributed by atoms with van der Waals surface area (Å²) >= 11 is 5.91. The molecule has 2 rings (SSSR count). The smallest absolute Gasteiger partial charge is 0.240 e. The molecule has 0 radical (unpaired) electrons. The molecule has 0 unspecified atom stereocenters. The van der Waals surface area contributed by atoms with Crippen LogP contribution in [0.4, 0.5) is 0 Å². The van der Waals surface area contributed by atoms with E-state index in [1.165, 1.54) is 0 Å². The first-order valence-electron chi connectivity index (χ1n) is 7.74. The van der Waals surface area contributed by atoms with Crippen LogP contribution >= 0.6 is 11.6 Å². The maximum absolute atomic E-state index is 12.4. The standard InChI is InChI=1S/C18H23ClN2O2S/c1-18(2,3)20-12-14-7-9-17(10-8-14)24(22,23)21-13-15-5-4-6-16(19)11-15/h4-11,20-21H,12-13H2,1-3H3. The van der Waals surface area contributed by atoms with Crippen molar-refractivity contribution in [1.29, 1.82) is 0 Å². The van der Waals surface area contributed by atoms with Gasteiger partial charge in [-0.05, 0) is 56.2 Å². The van der Waals surface area contributed by atoms with Crippen molar-refractivity contribution in [2.45, 2.75) is 44.3 Å². The molecule has 0 bridgehead atoms. The van der Waals surface area contributed by atoms with Crippen molar-refractivity contribution in [2.75, 3.05) is 0 Å². The Bertz CT molecular complexity index is 781.